The molecule has 0 saturated heterocycles. The van der Waals surface area contributed by atoms with Crippen molar-refractivity contribution in [3.8, 4) is 0 Å². The molecule has 96 valence electrons. The molecular weight excluding hydrogens is 259 g/mol. The van der Waals surface area contributed by atoms with Crippen LogP contribution in [0, 0.1) is 5.82 Å². The van der Waals surface area contributed by atoms with Crippen LogP contribution in [0.25, 0.3) is 0 Å². The number of hydrogen-bond donors (Lipinski definition) is 2. The van der Waals surface area contributed by atoms with E-state index in [1.54, 1.807) is 19.2 Å². The van der Waals surface area contributed by atoms with Crippen LogP contribution in [0.5, 0.6) is 0 Å². The van der Waals surface area contributed by atoms with Crippen LogP contribution in [0.15, 0.2) is 18.2 Å². The van der Waals surface area contributed by atoms with Gasteiger partial charge < -0.3 is 0 Å². The summed E-state index contributed by atoms with van der Waals surface area (Å²) in [5.41, 5.74) is 2.90. The van der Waals surface area contributed by atoms with Crippen molar-refractivity contribution in [1.29, 1.82) is 0 Å². The lowest BCUT2D eigenvalue weighted by molar-refractivity contribution is 0.501. The van der Waals surface area contributed by atoms with Crippen LogP contribution in [0.4, 0.5) is 4.39 Å². The van der Waals surface area contributed by atoms with E-state index in [1.165, 1.54) is 10.9 Å². The molecule has 1 aromatic heterocycles. The maximum atomic E-state index is 13.9. The largest absolute Gasteiger partial charge is 0.271 e. The minimum Gasteiger partial charge on any atom is -0.271 e. The Bertz CT molecular complexity index is 543. The molecule has 1 heterocycles. The second kappa shape index (κ2) is 5.38. The summed E-state index contributed by atoms with van der Waals surface area (Å²) in [6.45, 7) is 0. The minimum atomic E-state index is -0.494. The number of benzene rings is 1. The van der Waals surface area contributed by atoms with Gasteiger partial charge in [-0.2, -0.15) is 4.80 Å². The standard InChI is InChI=1S/C10H12ClFN6/c1-18-16-9(15-17-18)5-8(14-13)6-3-2-4-7(11)10(6)12/h2-4,8,14H,5,13H2,1H3. The van der Waals surface area contributed by atoms with Gasteiger partial charge in [0, 0.05) is 12.0 Å². The van der Waals surface area contributed by atoms with E-state index in [1.807, 2.05) is 0 Å². The number of aryl methyl sites for hydroxylation is 1. The monoisotopic (exact) mass is 270 g/mol. The van der Waals surface area contributed by atoms with Crippen LogP contribution in [0.3, 0.4) is 0 Å². The number of nitrogens with two attached hydrogens (primary N) is 1. The molecule has 18 heavy (non-hydrogen) atoms. The van der Waals surface area contributed by atoms with Crippen LogP contribution >= 0.6 is 11.6 Å². The van der Waals surface area contributed by atoms with E-state index >= 15 is 0 Å². The summed E-state index contributed by atoms with van der Waals surface area (Å²) in [6.07, 6.45) is 0.321. The Kier molecular flexibility index (Phi) is 3.85. The number of hydrazine groups is 1. The summed E-state index contributed by atoms with van der Waals surface area (Å²) < 4.78 is 13.9. The van der Waals surface area contributed by atoms with Gasteiger partial charge in [0.25, 0.3) is 0 Å². The van der Waals surface area contributed by atoms with Crippen molar-refractivity contribution in [1.82, 2.24) is 25.6 Å². The molecule has 0 amide bonds. The molecule has 0 aliphatic rings. The fraction of sp³-hybridized carbons (Fsp3) is 0.300. The van der Waals surface area contributed by atoms with Crippen LogP contribution in [-0.2, 0) is 13.5 Å². The summed E-state index contributed by atoms with van der Waals surface area (Å²) in [4.78, 5) is 1.33. The average Bonchev–Trinajstić information content (AvgIpc) is 2.76. The fourth-order valence-electron chi connectivity index (χ4n) is 1.64. The Morgan fingerprint density at radius 3 is 2.94 bits per heavy atom. The number of halogens is 2. The Morgan fingerprint density at radius 2 is 2.33 bits per heavy atom. The third-order valence-electron chi connectivity index (χ3n) is 2.49. The smallest absolute Gasteiger partial charge is 0.176 e. The van der Waals surface area contributed by atoms with E-state index in [4.69, 9.17) is 17.4 Å². The molecule has 1 atom stereocenters. The van der Waals surface area contributed by atoms with Crippen LogP contribution in [0.2, 0.25) is 5.02 Å². The number of rotatable bonds is 4. The van der Waals surface area contributed by atoms with Crippen molar-refractivity contribution < 1.29 is 4.39 Å². The topological polar surface area (TPSA) is 81.7 Å². The number of tetrazole rings is 1. The fourth-order valence-corrected chi connectivity index (χ4v) is 1.82. The van der Waals surface area contributed by atoms with E-state index in [0.29, 0.717) is 17.8 Å². The molecule has 3 N–H and O–H groups in total. The predicted octanol–water partition coefficient (Wildman–Crippen LogP) is 0.750. The Labute approximate surface area is 108 Å². The maximum absolute atomic E-state index is 13.9. The normalized spacial score (nSPS) is 12.7. The summed E-state index contributed by atoms with van der Waals surface area (Å²) in [7, 11) is 1.65. The zero-order valence-corrected chi connectivity index (χ0v) is 10.4. The lowest BCUT2D eigenvalue weighted by atomic mass is 10.0. The highest BCUT2D eigenvalue weighted by Gasteiger charge is 2.18. The van der Waals surface area contributed by atoms with E-state index in [9.17, 15) is 4.39 Å². The molecule has 1 unspecified atom stereocenters. The molecule has 6 nitrogen and oxygen atoms in total. The van der Waals surface area contributed by atoms with Gasteiger partial charge in [-0.25, -0.2) is 4.39 Å². The van der Waals surface area contributed by atoms with Crippen LogP contribution < -0.4 is 11.3 Å². The Balaban J connectivity index is 2.25. The molecular formula is C10H12ClFN6. The van der Waals surface area contributed by atoms with Gasteiger partial charge in [0.05, 0.1) is 18.1 Å². The molecule has 0 fully saturated rings. The first-order valence-electron chi connectivity index (χ1n) is 5.24. The van der Waals surface area contributed by atoms with Gasteiger partial charge in [0.2, 0.25) is 0 Å². The number of aromatic nitrogens is 4. The van der Waals surface area contributed by atoms with Crippen molar-refractivity contribution in [3.05, 3.63) is 40.4 Å². The molecule has 0 spiro atoms. The second-order valence-electron chi connectivity index (χ2n) is 3.76. The first-order valence-corrected chi connectivity index (χ1v) is 5.62. The van der Waals surface area contributed by atoms with Crippen LogP contribution in [0.1, 0.15) is 17.4 Å². The van der Waals surface area contributed by atoms with Crippen molar-refractivity contribution in [2.45, 2.75) is 12.5 Å². The highest BCUT2D eigenvalue weighted by molar-refractivity contribution is 6.30. The molecule has 0 bridgehead atoms. The van der Waals surface area contributed by atoms with E-state index in [2.05, 4.69) is 20.8 Å². The zero-order valence-electron chi connectivity index (χ0n) is 9.64. The molecule has 0 aliphatic heterocycles. The lowest BCUT2D eigenvalue weighted by Crippen LogP contribution is -2.30. The highest BCUT2D eigenvalue weighted by atomic mass is 35.5. The predicted molar refractivity (Wildman–Crippen MR) is 64.0 cm³/mol. The van der Waals surface area contributed by atoms with Gasteiger partial charge in [-0.05, 0) is 11.3 Å². The van der Waals surface area contributed by atoms with Gasteiger partial charge >= 0.3 is 0 Å². The SMILES string of the molecule is Cn1nnc(CC(NN)c2cccc(Cl)c2F)n1. The molecule has 0 radical (unpaired) electrons. The summed E-state index contributed by atoms with van der Waals surface area (Å²) in [5.74, 6) is 5.41. The number of nitrogens with zero attached hydrogens (tertiary/aromatic N) is 4. The molecule has 8 heteroatoms. The van der Waals surface area contributed by atoms with E-state index in [0.717, 1.165) is 0 Å². The first-order chi connectivity index (χ1) is 8.61. The summed E-state index contributed by atoms with van der Waals surface area (Å²) in [5, 5.41) is 11.6. The molecule has 0 saturated carbocycles. The van der Waals surface area contributed by atoms with Gasteiger partial charge in [-0.15, -0.1) is 10.2 Å². The Hall–Kier alpha value is -1.57. The van der Waals surface area contributed by atoms with Gasteiger partial charge in [0.15, 0.2) is 5.82 Å². The first kappa shape index (κ1) is 12.9. The molecule has 0 aliphatic carbocycles. The van der Waals surface area contributed by atoms with Crippen molar-refractivity contribution in [2.24, 2.45) is 12.9 Å². The zero-order chi connectivity index (χ0) is 13.1. The number of nitrogens with one attached hydrogen (secondary N) is 1. The van der Waals surface area contributed by atoms with Crippen molar-refractivity contribution in [2.75, 3.05) is 0 Å². The maximum Gasteiger partial charge on any atom is 0.176 e. The Morgan fingerprint density at radius 1 is 1.56 bits per heavy atom. The summed E-state index contributed by atoms with van der Waals surface area (Å²) >= 11 is 5.73. The quantitative estimate of drug-likeness (QED) is 0.633. The second-order valence-corrected chi connectivity index (χ2v) is 4.17. The molecule has 2 aromatic rings. The van der Waals surface area contributed by atoms with Gasteiger partial charge in [-0.1, -0.05) is 23.7 Å². The van der Waals surface area contributed by atoms with Crippen LogP contribution in [-0.4, -0.2) is 20.2 Å². The van der Waals surface area contributed by atoms with E-state index < -0.39 is 11.9 Å². The average molecular weight is 271 g/mol. The third kappa shape index (κ3) is 2.63. The number of hydrogen-bond acceptors (Lipinski definition) is 5. The highest BCUT2D eigenvalue weighted by Crippen LogP contribution is 2.24. The lowest BCUT2D eigenvalue weighted by Gasteiger charge is -2.15. The van der Waals surface area contributed by atoms with Gasteiger partial charge in [0.1, 0.15) is 5.82 Å². The van der Waals surface area contributed by atoms with Gasteiger partial charge in [-0.3, -0.25) is 11.3 Å². The summed E-state index contributed by atoms with van der Waals surface area (Å²) in [6, 6.07) is 4.29. The minimum absolute atomic E-state index is 0.0554. The van der Waals surface area contributed by atoms with Crippen molar-refractivity contribution >= 4 is 11.6 Å². The van der Waals surface area contributed by atoms with Crippen molar-refractivity contribution in [3.63, 3.8) is 0 Å². The third-order valence-corrected chi connectivity index (χ3v) is 2.79. The molecule has 1 aromatic carbocycles. The van der Waals surface area contributed by atoms with E-state index in [-0.39, 0.29) is 5.02 Å². The molecule has 2 rings (SSSR count).